The van der Waals surface area contributed by atoms with Crippen LogP contribution in [-0.2, 0) is 14.4 Å². The van der Waals surface area contributed by atoms with Gasteiger partial charge in [0.15, 0.2) is 0 Å². The van der Waals surface area contributed by atoms with E-state index in [-0.39, 0.29) is 13.2 Å². The number of nitrogens with two attached hydrogens (primary N) is 1. The summed E-state index contributed by atoms with van der Waals surface area (Å²) in [5, 5.41) is 8.67. The minimum Gasteiger partial charge on any atom is -0.460 e. The normalized spacial score (nSPS) is 10.7. The van der Waals surface area contributed by atoms with Crippen LogP contribution in [0.25, 0.3) is 0 Å². The van der Waals surface area contributed by atoms with Crippen molar-refractivity contribution in [1.82, 2.24) is 0 Å². The fourth-order valence-electron chi connectivity index (χ4n) is 0.482. The van der Waals surface area contributed by atoms with Gasteiger partial charge in [-0.25, -0.2) is 4.79 Å². The first-order valence-electron chi connectivity index (χ1n) is 3.40. The summed E-state index contributed by atoms with van der Waals surface area (Å²) < 4.78 is 4.48. The molecule has 0 unspecified atom stereocenters. The second-order valence-corrected chi connectivity index (χ2v) is 2.11. The molecule has 0 aliphatic carbocycles. The van der Waals surface area contributed by atoms with Crippen LogP contribution < -0.4 is 5.73 Å². The second-order valence-electron chi connectivity index (χ2n) is 2.11. The fourth-order valence-corrected chi connectivity index (χ4v) is 0.482. The van der Waals surface area contributed by atoms with Gasteiger partial charge in [0.1, 0.15) is 13.2 Å². The van der Waals surface area contributed by atoms with Gasteiger partial charge in [0.25, 0.3) is 5.09 Å². The number of esters is 1. The zero-order valence-electron chi connectivity index (χ0n) is 7.06. The molecule has 0 aromatic carbocycles. The Morgan fingerprint density at radius 3 is 2.69 bits per heavy atom. The van der Waals surface area contributed by atoms with Gasteiger partial charge in [-0.15, -0.1) is 10.1 Å². The minimum atomic E-state index is -0.960. The SMILES string of the molecule is C/C(N)=C/C(=O)OCCO[N+](=O)[O-]. The van der Waals surface area contributed by atoms with E-state index >= 15 is 0 Å². The Labute approximate surface area is 74.2 Å². The smallest absolute Gasteiger partial charge is 0.332 e. The molecule has 2 N–H and O–H groups in total. The van der Waals surface area contributed by atoms with Crippen LogP contribution in [0.4, 0.5) is 0 Å². The Morgan fingerprint density at radius 2 is 2.23 bits per heavy atom. The molecule has 0 aliphatic heterocycles. The van der Waals surface area contributed by atoms with Crippen LogP contribution in [-0.4, -0.2) is 24.3 Å². The van der Waals surface area contributed by atoms with Crippen LogP contribution in [0.2, 0.25) is 0 Å². The molecule has 13 heavy (non-hydrogen) atoms. The van der Waals surface area contributed by atoms with Gasteiger partial charge in [-0.05, 0) is 6.92 Å². The van der Waals surface area contributed by atoms with Gasteiger partial charge >= 0.3 is 5.97 Å². The summed E-state index contributed by atoms with van der Waals surface area (Å²) in [6, 6.07) is 0. The molecule has 0 saturated heterocycles. The molecule has 7 nitrogen and oxygen atoms in total. The molecule has 0 rings (SSSR count). The largest absolute Gasteiger partial charge is 0.460 e. The van der Waals surface area contributed by atoms with Crippen molar-refractivity contribution in [3.8, 4) is 0 Å². The topological polar surface area (TPSA) is 105 Å². The average Bonchev–Trinajstić information content (AvgIpc) is 1.96. The van der Waals surface area contributed by atoms with E-state index in [1.54, 1.807) is 0 Å². The Morgan fingerprint density at radius 1 is 1.62 bits per heavy atom. The number of nitrogens with zero attached hydrogens (tertiary/aromatic N) is 1. The van der Waals surface area contributed by atoms with Crippen molar-refractivity contribution >= 4 is 5.97 Å². The van der Waals surface area contributed by atoms with E-state index in [2.05, 4.69) is 9.57 Å². The van der Waals surface area contributed by atoms with Crippen molar-refractivity contribution in [1.29, 1.82) is 0 Å². The highest BCUT2D eigenvalue weighted by Crippen LogP contribution is 1.86. The summed E-state index contributed by atoms with van der Waals surface area (Å²) in [5.74, 6) is -0.646. The number of rotatable bonds is 5. The van der Waals surface area contributed by atoms with Gasteiger partial charge in [0, 0.05) is 11.8 Å². The lowest BCUT2D eigenvalue weighted by atomic mass is 10.4. The molecule has 7 heteroatoms. The van der Waals surface area contributed by atoms with E-state index in [0.29, 0.717) is 5.70 Å². The number of hydrogen-bond acceptors (Lipinski definition) is 6. The van der Waals surface area contributed by atoms with Crippen LogP contribution >= 0.6 is 0 Å². The zero-order valence-corrected chi connectivity index (χ0v) is 7.06. The lowest BCUT2D eigenvalue weighted by molar-refractivity contribution is -0.757. The number of carbonyl (C=O) groups is 1. The summed E-state index contributed by atoms with van der Waals surface area (Å²) in [5.41, 5.74) is 5.47. The predicted octanol–water partition coefficient (Wildman–Crippen LogP) is -0.400. The van der Waals surface area contributed by atoms with Crippen molar-refractivity contribution in [3.05, 3.63) is 21.9 Å². The summed E-state index contributed by atoms with van der Waals surface area (Å²) in [7, 11) is 0. The van der Waals surface area contributed by atoms with Crippen molar-refractivity contribution in [3.63, 3.8) is 0 Å². The third-order valence-corrected chi connectivity index (χ3v) is 0.870. The molecule has 0 fully saturated rings. The number of hydrogen-bond donors (Lipinski definition) is 1. The monoisotopic (exact) mass is 190 g/mol. The van der Waals surface area contributed by atoms with Crippen LogP contribution in [0.5, 0.6) is 0 Å². The van der Waals surface area contributed by atoms with Crippen molar-refractivity contribution in [2.24, 2.45) is 5.73 Å². The van der Waals surface area contributed by atoms with Crippen molar-refractivity contribution in [2.45, 2.75) is 6.92 Å². The Kier molecular flexibility index (Phi) is 5.01. The Bertz CT molecular complexity index is 221. The van der Waals surface area contributed by atoms with E-state index in [0.717, 1.165) is 6.08 Å². The second kappa shape index (κ2) is 5.81. The Balaban J connectivity index is 3.49. The molecule has 0 amide bonds. The van der Waals surface area contributed by atoms with Crippen LogP contribution in [0, 0.1) is 10.1 Å². The summed E-state index contributed by atoms with van der Waals surface area (Å²) in [6.07, 6.45) is 1.08. The lowest BCUT2D eigenvalue weighted by Crippen LogP contribution is -2.12. The molecule has 0 aromatic heterocycles. The molecule has 0 spiro atoms. The maximum absolute atomic E-state index is 10.7. The number of carbonyl (C=O) groups excluding carboxylic acids is 1. The third kappa shape index (κ3) is 8.11. The first-order chi connectivity index (χ1) is 6.02. The molecular formula is C6H10N2O5. The predicted molar refractivity (Wildman–Crippen MR) is 41.8 cm³/mol. The van der Waals surface area contributed by atoms with Crippen molar-refractivity contribution in [2.75, 3.05) is 13.2 Å². The highest BCUT2D eigenvalue weighted by molar-refractivity contribution is 5.82. The molecule has 74 valence electrons. The molecule has 0 aliphatic rings. The Hall–Kier alpha value is -1.79. The van der Waals surface area contributed by atoms with Crippen molar-refractivity contribution < 1.29 is 19.5 Å². The van der Waals surface area contributed by atoms with Gasteiger partial charge in [0.05, 0.1) is 0 Å². The molecule has 0 heterocycles. The molecule has 0 atom stereocenters. The maximum Gasteiger partial charge on any atom is 0.332 e. The standard InChI is InChI=1S/C6H10N2O5/c1-5(7)4-6(9)12-2-3-13-8(10)11/h4H,2-3,7H2,1H3/b5-4-. The summed E-state index contributed by atoms with van der Waals surface area (Å²) >= 11 is 0. The fraction of sp³-hybridized carbons (Fsp3) is 0.500. The van der Waals surface area contributed by atoms with Gasteiger partial charge < -0.3 is 15.3 Å². The summed E-state index contributed by atoms with van der Waals surface area (Å²) in [4.78, 5) is 24.2. The zero-order chi connectivity index (χ0) is 10.3. The number of ether oxygens (including phenoxy) is 1. The van der Waals surface area contributed by atoms with Gasteiger partial charge in [0.2, 0.25) is 0 Å². The summed E-state index contributed by atoms with van der Waals surface area (Å²) in [6.45, 7) is 1.06. The molecule has 0 aromatic rings. The first-order valence-corrected chi connectivity index (χ1v) is 3.40. The molecule has 0 bridgehead atoms. The quantitative estimate of drug-likeness (QED) is 0.208. The number of allylic oxidation sites excluding steroid dienone is 1. The van der Waals surface area contributed by atoms with Gasteiger partial charge in [-0.3, -0.25) is 0 Å². The van der Waals surface area contributed by atoms with Crippen LogP contribution in [0.1, 0.15) is 6.92 Å². The molecule has 0 saturated carbocycles. The lowest BCUT2D eigenvalue weighted by Gasteiger charge is -2.00. The van der Waals surface area contributed by atoms with E-state index in [1.807, 2.05) is 0 Å². The third-order valence-electron chi connectivity index (χ3n) is 0.870. The highest BCUT2D eigenvalue weighted by atomic mass is 17.0. The molecular weight excluding hydrogens is 180 g/mol. The maximum atomic E-state index is 10.7. The van der Waals surface area contributed by atoms with Crippen LogP contribution in [0.15, 0.2) is 11.8 Å². The first kappa shape index (κ1) is 11.2. The van der Waals surface area contributed by atoms with Gasteiger partial charge in [-0.1, -0.05) is 0 Å². The van der Waals surface area contributed by atoms with E-state index in [4.69, 9.17) is 5.73 Å². The van der Waals surface area contributed by atoms with Gasteiger partial charge in [-0.2, -0.15) is 0 Å². The van der Waals surface area contributed by atoms with E-state index in [1.165, 1.54) is 6.92 Å². The highest BCUT2D eigenvalue weighted by Gasteiger charge is 1.99. The van der Waals surface area contributed by atoms with E-state index < -0.39 is 11.1 Å². The van der Waals surface area contributed by atoms with Crippen LogP contribution in [0.3, 0.4) is 0 Å². The minimum absolute atomic E-state index is 0.177. The average molecular weight is 190 g/mol. The van der Waals surface area contributed by atoms with E-state index in [9.17, 15) is 14.9 Å². The molecule has 0 radical (unpaired) electrons.